The molecule has 2 heterocycles. The van der Waals surface area contributed by atoms with Gasteiger partial charge in [-0.3, -0.25) is 14.4 Å². The number of carbonyl (C=O) groups is 4. The van der Waals surface area contributed by atoms with Gasteiger partial charge in [-0.2, -0.15) is 12.6 Å². The summed E-state index contributed by atoms with van der Waals surface area (Å²) in [6.45, 7) is 0. The lowest BCUT2D eigenvalue weighted by Crippen LogP contribution is -2.58. The molecule has 0 aliphatic rings. The standard InChI is InChI=1S/C34H36N6O5S/c35-25(15-21-17-36-26-12-6-4-10-23(21)26)31(41)38-28(14-20-8-2-1-3-9-20)32(42)39-29(33(43)40-30(19-46)34(44)45)16-22-18-37-27-13-7-5-11-24(22)27/h1-13,17-18,25,28-30,36-37,46H,14-16,19,35H2,(H,38,41)(H,39,42)(H,40,43)(H,44,45)/t25-,28-,29-,30-/m0/s1. The minimum Gasteiger partial charge on any atom is -0.480 e. The summed E-state index contributed by atoms with van der Waals surface area (Å²) in [7, 11) is 0. The molecule has 4 atom stereocenters. The van der Waals surface area contributed by atoms with Crippen LogP contribution in [0.25, 0.3) is 21.8 Å². The number of H-pyrrole nitrogens is 2. The maximum atomic E-state index is 13.9. The molecule has 12 heteroatoms. The number of aromatic nitrogens is 2. The Morgan fingerprint density at radius 3 is 1.70 bits per heavy atom. The summed E-state index contributed by atoms with van der Waals surface area (Å²) in [4.78, 5) is 58.8. The van der Waals surface area contributed by atoms with Crippen molar-refractivity contribution in [2.75, 3.05) is 5.75 Å². The molecule has 3 amide bonds. The van der Waals surface area contributed by atoms with Crippen LogP contribution >= 0.6 is 12.6 Å². The van der Waals surface area contributed by atoms with Crippen LogP contribution in [0.2, 0.25) is 0 Å². The van der Waals surface area contributed by atoms with Crippen molar-refractivity contribution < 1.29 is 24.3 Å². The fourth-order valence-electron chi connectivity index (χ4n) is 5.43. The molecule has 0 saturated carbocycles. The van der Waals surface area contributed by atoms with Gasteiger partial charge in [0.05, 0.1) is 6.04 Å². The van der Waals surface area contributed by atoms with E-state index in [-0.39, 0.29) is 25.0 Å². The summed E-state index contributed by atoms with van der Waals surface area (Å²) in [6, 6.07) is 19.9. The van der Waals surface area contributed by atoms with Crippen LogP contribution in [0.5, 0.6) is 0 Å². The van der Waals surface area contributed by atoms with Gasteiger partial charge in [-0.25, -0.2) is 4.79 Å². The second-order valence-corrected chi connectivity index (χ2v) is 11.5. The van der Waals surface area contributed by atoms with Gasteiger partial charge in [0.2, 0.25) is 17.7 Å². The highest BCUT2D eigenvalue weighted by Crippen LogP contribution is 2.20. The lowest BCUT2D eigenvalue weighted by Gasteiger charge is -2.25. The van der Waals surface area contributed by atoms with Crippen LogP contribution in [0, 0.1) is 0 Å². The van der Waals surface area contributed by atoms with Crippen molar-refractivity contribution in [1.29, 1.82) is 0 Å². The molecule has 238 valence electrons. The van der Waals surface area contributed by atoms with Crippen molar-refractivity contribution in [3.05, 3.63) is 108 Å². The van der Waals surface area contributed by atoms with Crippen LogP contribution in [0.15, 0.2) is 91.3 Å². The number of carbonyl (C=O) groups excluding carboxylic acids is 3. The lowest BCUT2D eigenvalue weighted by atomic mass is 10.0. The van der Waals surface area contributed by atoms with Crippen molar-refractivity contribution in [2.45, 2.75) is 43.4 Å². The first-order chi connectivity index (χ1) is 22.2. The van der Waals surface area contributed by atoms with E-state index in [1.165, 1.54) is 0 Å². The molecule has 0 spiro atoms. The van der Waals surface area contributed by atoms with E-state index in [1.54, 1.807) is 6.20 Å². The molecule has 3 aromatic carbocycles. The predicted octanol–water partition coefficient (Wildman–Crippen LogP) is 2.47. The maximum absolute atomic E-state index is 13.9. The van der Waals surface area contributed by atoms with Gasteiger partial charge < -0.3 is 36.8 Å². The third kappa shape index (κ3) is 7.76. The molecule has 46 heavy (non-hydrogen) atoms. The normalized spacial score (nSPS) is 13.9. The summed E-state index contributed by atoms with van der Waals surface area (Å²) in [5, 5.41) is 19.4. The Balaban J connectivity index is 1.37. The summed E-state index contributed by atoms with van der Waals surface area (Å²) < 4.78 is 0. The van der Waals surface area contributed by atoms with Crippen LogP contribution in [0.4, 0.5) is 0 Å². The Hall–Kier alpha value is -5.07. The lowest BCUT2D eigenvalue weighted by molar-refractivity contribution is -0.141. The number of amides is 3. The molecule has 2 aromatic heterocycles. The summed E-state index contributed by atoms with van der Waals surface area (Å²) in [5.74, 6) is -3.23. The van der Waals surface area contributed by atoms with Gasteiger partial charge in [0.1, 0.15) is 18.1 Å². The minimum absolute atomic E-state index is 0.0621. The highest BCUT2D eigenvalue weighted by Gasteiger charge is 2.31. The molecular formula is C34H36N6O5S. The first-order valence-corrected chi connectivity index (χ1v) is 15.5. The van der Waals surface area contributed by atoms with Gasteiger partial charge in [-0.05, 0) is 35.2 Å². The zero-order valence-corrected chi connectivity index (χ0v) is 25.8. The second-order valence-electron chi connectivity index (χ2n) is 11.1. The number of thiol groups is 1. The van der Waals surface area contributed by atoms with Gasteiger partial charge in [0.15, 0.2) is 0 Å². The Morgan fingerprint density at radius 2 is 1.13 bits per heavy atom. The first kappa shape index (κ1) is 32.3. The largest absolute Gasteiger partial charge is 0.480 e. The number of carboxylic acid groups (broad SMARTS) is 1. The van der Waals surface area contributed by atoms with Gasteiger partial charge >= 0.3 is 5.97 Å². The highest BCUT2D eigenvalue weighted by molar-refractivity contribution is 7.80. The summed E-state index contributed by atoms with van der Waals surface area (Å²) >= 11 is 4.05. The van der Waals surface area contributed by atoms with Crippen LogP contribution in [0.1, 0.15) is 16.7 Å². The third-order valence-electron chi connectivity index (χ3n) is 7.90. The highest BCUT2D eigenvalue weighted by atomic mass is 32.1. The van der Waals surface area contributed by atoms with Crippen molar-refractivity contribution in [3.8, 4) is 0 Å². The number of hydrogen-bond acceptors (Lipinski definition) is 6. The number of aliphatic carboxylic acids is 1. The number of nitrogens with one attached hydrogen (secondary N) is 5. The zero-order valence-electron chi connectivity index (χ0n) is 24.9. The molecule has 0 bridgehead atoms. The molecule has 8 N–H and O–H groups in total. The number of benzene rings is 3. The van der Waals surface area contributed by atoms with E-state index < -0.39 is 47.9 Å². The molecule has 0 aliphatic heterocycles. The van der Waals surface area contributed by atoms with E-state index >= 15 is 0 Å². The van der Waals surface area contributed by atoms with Gasteiger partial charge in [0, 0.05) is 52.8 Å². The first-order valence-electron chi connectivity index (χ1n) is 14.9. The maximum Gasteiger partial charge on any atom is 0.327 e. The molecule has 0 radical (unpaired) electrons. The molecule has 5 rings (SSSR count). The van der Waals surface area contributed by atoms with E-state index in [4.69, 9.17) is 5.73 Å². The Bertz CT molecular complexity index is 1840. The van der Waals surface area contributed by atoms with Gasteiger partial charge in [0.25, 0.3) is 0 Å². The molecular weight excluding hydrogens is 604 g/mol. The van der Waals surface area contributed by atoms with E-state index in [2.05, 4.69) is 38.5 Å². The fraction of sp³-hybridized carbons (Fsp3) is 0.235. The fourth-order valence-corrected chi connectivity index (χ4v) is 5.68. The van der Waals surface area contributed by atoms with Crippen LogP contribution in [0.3, 0.4) is 0 Å². The quantitative estimate of drug-likeness (QED) is 0.0863. The van der Waals surface area contributed by atoms with Gasteiger partial charge in [-0.1, -0.05) is 66.7 Å². The van der Waals surface area contributed by atoms with Crippen molar-refractivity contribution in [3.63, 3.8) is 0 Å². The number of hydrogen-bond donors (Lipinski definition) is 8. The third-order valence-corrected chi connectivity index (χ3v) is 8.26. The molecule has 0 aliphatic carbocycles. The smallest absolute Gasteiger partial charge is 0.327 e. The molecule has 0 fully saturated rings. The summed E-state index contributed by atoms with van der Waals surface area (Å²) in [5.41, 5.74) is 10.5. The van der Waals surface area contributed by atoms with E-state index in [9.17, 15) is 24.3 Å². The second kappa shape index (κ2) is 14.8. The van der Waals surface area contributed by atoms with E-state index in [1.807, 2.05) is 85.1 Å². The Kier molecular flexibility index (Phi) is 10.4. The molecule has 0 saturated heterocycles. The van der Waals surface area contributed by atoms with Crippen LogP contribution in [-0.4, -0.2) is 68.7 Å². The average molecular weight is 641 g/mol. The Morgan fingerprint density at radius 1 is 0.652 bits per heavy atom. The van der Waals surface area contributed by atoms with Crippen LogP contribution in [-0.2, 0) is 38.4 Å². The molecule has 11 nitrogen and oxygen atoms in total. The molecule has 5 aromatic rings. The number of fused-ring (bicyclic) bond motifs is 2. The van der Waals surface area contributed by atoms with E-state index in [0.717, 1.165) is 38.5 Å². The number of para-hydroxylation sites is 2. The predicted molar refractivity (Wildman–Crippen MR) is 179 cm³/mol. The minimum atomic E-state index is -1.26. The van der Waals surface area contributed by atoms with Gasteiger partial charge in [-0.15, -0.1) is 0 Å². The molecule has 0 unspecified atom stereocenters. The zero-order chi connectivity index (χ0) is 32.6. The van der Waals surface area contributed by atoms with E-state index in [0.29, 0.717) is 0 Å². The number of nitrogens with two attached hydrogens (primary N) is 1. The van der Waals surface area contributed by atoms with Crippen molar-refractivity contribution in [2.24, 2.45) is 5.73 Å². The van der Waals surface area contributed by atoms with Crippen molar-refractivity contribution in [1.82, 2.24) is 25.9 Å². The number of aromatic amines is 2. The number of carboxylic acids is 1. The topological polar surface area (TPSA) is 182 Å². The average Bonchev–Trinajstić information content (AvgIpc) is 3.67. The Labute approximate surface area is 270 Å². The number of rotatable bonds is 14. The van der Waals surface area contributed by atoms with Crippen LogP contribution < -0.4 is 21.7 Å². The summed E-state index contributed by atoms with van der Waals surface area (Å²) in [6.07, 6.45) is 3.99. The SMILES string of the molecule is N[C@@H](Cc1c[nH]c2ccccc12)C(=O)N[C@@H](Cc1ccccc1)C(=O)N[C@@H](Cc1c[nH]c2ccccc12)C(=O)N[C@@H](CS)C(=O)O. The monoisotopic (exact) mass is 640 g/mol. The van der Waals surface area contributed by atoms with Crippen molar-refractivity contribution >= 4 is 58.1 Å².